The minimum atomic E-state index is -0.482. The summed E-state index contributed by atoms with van der Waals surface area (Å²) >= 11 is 1.73. The van der Waals surface area contributed by atoms with Crippen LogP contribution in [0.5, 0.6) is 0 Å². The fraction of sp³-hybridized carbons (Fsp3) is 0.625. The first-order valence-corrected chi connectivity index (χ1v) is 7.89. The minimum Gasteiger partial charge on any atom is -0.444 e. The molecular weight excluding hydrogens is 284 g/mol. The average molecular weight is 310 g/mol. The standard InChI is InChI=1S/C16H26N2O2S/c1-11-8-13(21-16(5,6)7)17-9-12(11)10-18-14(19)20-15(2,3)4/h8-9H,10H2,1-7H3,(H,18,19). The Kier molecular flexibility index (Phi) is 5.68. The normalized spacial score (nSPS) is 12.1. The summed E-state index contributed by atoms with van der Waals surface area (Å²) in [7, 11) is 0. The van der Waals surface area contributed by atoms with E-state index in [0.29, 0.717) is 6.54 Å². The van der Waals surface area contributed by atoms with Crippen molar-refractivity contribution < 1.29 is 9.53 Å². The molecule has 1 rings (SSSR count). The molecule has 0 aromatic carbocycles. The van der Waals surface area contributed by atoms with Gasteiger partial charge in [-0.05, 0) is 44.9 Å². The molecule has 0 saturated heterocycles. The van der Waals surface area contributed by atoms with Gasteiger partial charge in [0.25, 0.3) is 0 Å². The van der Waals surface area contributed by atoms with Gasteiger partial charge in [-0.25, -0.2) is 9.78 Å². The molecule has 5 heteroatoms. The number of hydrogen-bond acceptors (Lipinski definition) is 4. The molecule has 1 N–H and O–H groups in total. The number of nitrogens with zero attached hydrogens (tertiary/aromatic N) is 1. The molecule has 118 valence electrons. The zero-order chi connectivity index (χ0) is 16.3. The number of nitrogens with one attached hydrogen (secondary N) is 1. The van der Waals surface area contributed by atoms with Crippen LogP contribution >= 0.6 is 11.8 Å². The molecule has 0 spiro atoms. The van der Waals surface area contributed by atoms with Crippen molar-refractivity contribution in [1.82, 2.24) is 10.3 Å². The van der Waals surface area contributed by atoms with Crippen LogP contribution in [0, 0.1) is 6.92 Å². The van der Waals surface area contributed by atoms with Crippen LogP contribution in [-0.2, 0) is 11.3 Å². The van der Waals surface area contributed by atoms with E-state index in [1.165, 1.54) is 0 Å². The summed E-state index contributed by atoms with van der Waals surface area (Å²) in [5.41, 5.74) is 1.64. The maximum Gasteiger partial charge on any atom is 0.407 e. The Bertz CT molecular complexity index is 502. The number of thioether (sulfide) groups is 1. The monoisotopic (exact) mass is 310 g/mol. The summed E-state index contributed by atoms with van der Waals surface area (Å²) in [6.07, 6.45) is 1.41. The highest BCUT2D eigenvalue weighted by Gasteiger charge is 2.17. The van der Waals surface area contributed by atoms with E-state index in [-0.39, 0.29) is 4.75 Å². The van der Waals surface area contributed by atoms with E-state index in [4.69, 9.17) is 4.74 Å². The van der Waals surface area contributed by atoms with Gasteiger partial charge in [0.15, 0.2) is 0 Å². The molecule has 4 nitrogen and oxygen atoms in total. The Morgan fingerprint density at radius 1 is 1.29 bits per heavy atom. The first-order chi connectivity index (χ1) is 9.46. The van der Waals surface area contributed by atoms with Crippen LogP contribution in [-0.4, -0.2) is 21.4 Å². The third kappa shape index (κ3) is 7.37. The molecule has 0 aliphatic carbocycles. The predicted octanol–water partition coefficient (Wildman–Crippen LogP) is 4.31. The van der Waals surface area contributed by atoms with Crippen molar-refractivity contribution in [2.24, 2.45) is 0 Å². The van der Waals surface area contributed by atoms with Gasteiger partial charge in [-0.15, -0.1) is 11.8 Å². The molecule has 1 aromatic heterocycles. The molecule has 0 saturated carbocycles. The topological polar surface area (TPSA) is 51.2 Å². The second-order valence-corrected chi connectivity index (χ2v) is 8.87. The summed E-state index contributed by atoms with van der Waals surface area (Å²) in [4.78, 5) is 16.1. The predicted molar refractivity (Wildman–Crippen MR) is 87.7 cm³/mol. The van der Waals surface area contributed by atoms with Crippen LogP contribution in [0.4, 0.5) is 4.79 Å². The van der Waals surface area contributed by atoms with Crippen molar-refractivity contribution in [2.75, 3.05) is 0 Å². The first kappa shape index (κ1) is 17.8. The van der Waals surface area contributed by atoms with E-state index in [1.54, 1.807) is 11.8 Å². The first-order valence-electron chi connectivity index (χ1n) is 7.08. The summed E-state index contributed by atoms with van der Waals surface area (Å²) in [5.74, 6) is 0. The molecule has 0 fully saturated rings. The number of hydrogen-bond donors (Lipinski definition) is 1. The van der Waals surface area contributed by atoms with E-state index >= 15 is 0 Å². The molecule has 0 radical (unpaired) electrons. The van der Waals surface area contributed by atoms with E-state index in [1.807, 2.05) is 33.9 Å². The third-order valence-corrected chi connectivity index (χ3v) is 3.47. The maximum absolute atomic E-state index is 11.6. The van der Waals surface area contributed by atoms with Crippen LogP contribution in [0.1, 0.15) is 52.7 Å². The van der Waals surface area contributed by atoms with Crippen molar-refractivity contribution >= 4 is 17.9 Å². The summed E-state index contributed by atoms with van der Waals surface area (Å²) < 4.78 is 5.35. The molecule has 0 bridgehead atoms. The zero-order valence-corrected chi connectivity index (χ0v) is 14.9. The number of alkyl carbamates (subject to hydrolysis) is 1. The lowest BCUT2D eigenvalue weighted by molar-refractivity contribution is 0.0523. The van der Waals surface area contributed by atoms with Gasteiger partial charge in [-0.2, -0.15) is 0 Å². The number of aromatic nitrogens is 1. The highest BCUT2D eigenvalue weighted by atomic mass is 32.2. The van der Waals surface area contributed by atoms with Gasteiger partial charge in [0, 0.05) is 17.5 Å². The number of amides is 1. The van der Waals surface area contributed by atoms with Gasteiger partial charge in [0.2, 0.25) is 0 Å². The van der Waals surface area contributed by atoms with E-state index in [9.17, 15) is 4.79 Å². The SMILES string of the molecule is Cc1cc(SC(C)(C)C)ncc1CNC(=O)OC(C)(C)C. The van der Waals surface area contributed by atoms with E-state index < -0.39 is 11.7 Å². The second-order valence-electron chi connectivity index (χ2n) is 7.02. The van der Waals surface area contributed by atoms with Crippen LogP contribution in [0.15, 0.2) is 17.3 Å². The Morgan fingerprint density at radius 3 is 2.38 bits per heavy atom. The number of rotatable bonds is 3. The fourth-order valence-electron chi connectivity index (χ4n) is 1.59. The van der Waals surface area contributed by atoms with Crippen LogP contribution in [0.25, 0.3) is 0 Å². The molecule has 1 heterocycles. The lowest BCUT2D eigenvalue weighted by Crippen LogP contribution is -2.32. The van der Waals surface area contributed by atoms with Crippen molar-refractivity contribution in [3.63, 3.8) is 0 Å². The molecule has 0 atom stereocenters. The van der Waals surface area contributed by atoms with E-state index in [0.717, 1.165) is 16.2 Å². The van der Waals surface area contributed by atoms with Gasteiger partial charge in [0.1, 0.15) is 5.60 Å². The second kappa shape index (κ2) is 6.69. The van der Waals surface area contributed by atoms with Gasteiger partial charge in [-0.1, -0.05) is 20.8 Å². The Balaban J connectivity index is 2.63. The fourth-order valence-corrected chi connectivity index (χ4v) is 2.56. The van der Waals surface area contributed by atoms with Gasteiger partial charge in [0.05, 0.1) is 5.03 Å². The Hall–Kier alpha value is -1.23. The summed E-state index contributed by atoms with van der Waals surface area (Å²) in [6, 6.07) is 2.06. The zero-order valence-electron chi connectivity index (χ0n) is 14.0. The van der Waals surface area contributed by atoms with Crippen LogP contribution < -0.4 is 5.32 Å². The van der Waals surface area contributed by atoms with Gasteiger partial charge in [-0.3, -0.25) is 0 Å². The number of aryl methyl sites for hydroxylation is 1. The number of ether oxygens (including phenoxy) is 1. The third-order valence-electron chi connectivity index (χ3n) is 2.43. The number of pyridine rings is 1. The number of carbonyl (C=O) groups is 1. The smallest absolute Gasteiger partial charge is 0.407 e. The lowest BCUT2D eigenvalue weighted by atomic mass is 10.1. The van der Waals surface area contributed by atoms with Crippen molar-refractivity contribution in [3.8, 4) is 0 Å². The maximum atomic E-state index is 11.6. The van der Waals surface area contributed by atoms with Gasteiger partial charge >= 0.3 is 6.09 Å². The number of carbonyl (C=O) groups excluding carboxylic acids is 1. The molecule has 0 aliphatic heterocycles. The molecule has 0 unspecified atom stereocenters. The quantitative estimate of drug-likeness (QED) is 0.845. The molecule has 21 heavy (non-hydrogen) atoms. The van der Waals surface area contributed by atoms with Crippen molar-refractivity contribution in [1.29, 1.82) is 0 Å². The summed E-state index contributed by atoms with van der Waals surface area (Å²) in [5, 5.41) is 3.76. The molecular formula is C16H26N2O2S. The molecule has 1 aromatic rings. The van der Waals surface area contributed by atoms with Crippen molar-refractivity contribution in [3.05, 3.63) is 23.4 Å². The minimum absolute atomic E-state index is 0.135. The molecule has 1 amide bonds. The Morgan fingerprint density at radius 2 is 1.90 bits per heavy atom. The molecule has 0 aliphatic rings. The highest BCUT2D eigenvalue weighted by Crippen LogP contribution is 2.31. The average Bonchev–Trinajstić information content (AvgIpc) is 2.23. The summed E-state index contributed by atoms with van der Waals surface area (Å²) in [6.45, 7) is 14.5. The van der Waals surface area contributed by atoms with Crippen molar-refractivity contribution in [2.45, 2.75) is 70.4 Å². The van der Waals surface area contributed by atoms with Gasteiger partial charge < -0.3 is 10.1 Å². The Labute approximate surface area is 132 Å². The van der Waals surface area contributed by atoms with E-state index in [2.05, 4.69) is 37.1 Å². The van der Waals surface area contributed by atoms with Crippen LogP contribution in [0.2, 0.25) is 0 Å². The largest absolute Gasteiger partial charge is 0.444 e. The lowest BCUT2D eigenvalue weighted by Gasteiger charge is -2.20. The highest BCUT2D eigenvalue weighted by molar-refractivity contribution is 8.00. The van der Waals surface area contributed by atoms with Crippen LogP contribution in [0.3, 0.4) is 0 Å².